The molecule has 1 saturated carbocycles. The molecule has 2 atom stereocenters. The molecule has 1 aromatic heterocycles. The van der Waals surface area contributed by atoms with Gasteiger partial charge in [0.05, 0.1) is 5.56 Å². The topological polar surface area (TPSA) is 78.4 Å². The van der Waals surface area contributed by atoms with Crippen LogP contribution < -0.4 is 10.4 Å². The van der Waals surface area contributed by atoms with Crippen LogP contribution in [0.2, 0.25) is 0 Å². The van der Waals surface area contributed by atoms with Gasteiger partial charge in [0.25, 0.3) is 5.91 Å². The van der Waals surface area contributed by atoms with Gasteiger partial charge in [-0.25, -0.2) is 15.4 Å². The molecule has 6 nitrogen and oxygen atoms in total. The Morgan fingerprint density at radius 3 is 2.57 bits per heavy atom. The van der Waals surface area contributed by atoms with Crippen LogP contribution in [0.5, 0.6) is 0 Å². The lowest BCUT2D eigenvalue weighted by Crippen LogP contribution is -2.28. The van der Waals surface area contributed by atoms with Crippen molar-refractivity contribution >= 4 is 11.9 Å². The van der Waals surface area contributed by atoms with Gasteiger partial charge in [0.15, 0.2) is 0 Å². The van der Waals surface area contributed by atoms with Crippen LogP contribution in [0.25, 0.3) is 0 Å². The summed E-state index contributed by atoms with van der Waals surface area (Å²) in [5.41, 5.74) is 3.63. The number of fused-ring (bicyclic) bond motifs is 1. The van der Waals surface area contributed by atoms with Crippen molar-refractivity contribution in [3.05, 3.63) is 53.9 Å². The first kappa shape index (κ1) is 14.1. The summed E-state index contributed by atoms with van der Waals surface area (Å²) in [6.07, 6.45) is 4.07. The van der Waals surface area contributed by atoms with E-state index in [0.29, 0.717) is 5.95 Å². The fourth-order valence-electron chi connectivity index (χ4n) is 3.99. The van der Waals surface area contributed by atoms with E-state index in [1.165, 1.54) is 24.4 Å². The molecule has 2 N–H and O–H groups in total. The van der Waals surface area contributed by atoms with E-state index in [-0.39, 0.29) is 16.4 Å². The minimum absolute atomic E-state index is 0.179. The van der Waals surface area contributed by atoms with Gasteiger partial charge in [-0.05, 0) is 17.4 Å². The smallest absolute Gasteiger partial charge is 0.277 e. The number of carbonyl (C=O) groups excluding carboxylic acids is 1. The fraction of sp³-hybridized carbons (Fsp3) is 0.353. The maximum atomic E-state index is 11.3. The standard InChI is InChI=1S/C17H18N4O2/c1-16-9-17(16,13-5-3-2-4-6-13)11-21(10-16)15-18-7-12(8-19-15)14(22)20-23/h2-8,23H,9-11H2,1H3,(H,20,22)/t16?,17-/m0/s1. The molecule has 1 aliphatic carbocycles. The van der Waals surface area contributed by atoms with E-state index in [1.807, 2.05) is 6.07 Å². The number of aromatic nitrogens is 2. The van der Waals surface area contributed by atoms with Gasteiger partial charge < -0.3 is 4.90 Å². The summed E-state index contributed by atoms with van der Waals surface area (Å²) in [6.45, 7) is 4.11. The molecule has 1 saturated heterocycles. The predicted octanol–water partition coefficient (Wildman–Crippen LogP) is 1.76. The number of anilines is 1. The number of piperidine rings is 1. The van der Waals surface area contributed by atoms with Crippen molar-refractivity contribution in [3.63, 3.8) is 0 Å². The van der Waals surface area contributed by atoms with Gasteiger partial charge in [-0.1, -0.05) is 37.3 Å². The number of rotatable bonds is 3. The lowest BCUT2D eigenvalue weighted by atomic mass is 9.90. The Morgan fingerprint density at radius 2 is 1.91 bits per heavy atom. The first-order chi connectivity index (χ1) is 11.1. The Hall–Kier alpha value is -2.47. The van der Waals surface area contributed by atoms with Crippen LogP contribution >= 0.6 is 0 Å². The quantitative estimate of drug-likeness (QED) is 0.667. The number of nitrogens with zero attached hydrogens (tertiary/aromatic N) is 3. The SMILES string of the molecule is CC12CN(c3ncc(C(=O)NO)cn3)C[C@]1(c1ccccc1)C2. The van der Waals surface area contributed by atoms with Crippen LogP contribution in [0.3, 0.4) is 0 Å². The normalized spacial score (nSPS) is 28.3. The summed E-state index contributed by atoms with van der Waals surface area (Å²) in [5.74, 6) is 0.0248. The lowest BCUT2D eigenvalue weighted by Gasteiger charge is -2.21. The van der Waals surface area contributed by atoms with Crippen LogP contribution in [-0.4, -0.2) is 34.2 Å². The number of carbonyl (C=O) groups is 1. The average Bonchev–Trinajstić information content (AvgIpc) is 3.08. The van der Waals surface area contributed by atoms with Crippen molar-refractivity contribution in [2.24, 2.45) is 5.41 Å². The zero-order chi connectivity index (χ0) is 16.1. The largest absolute Gasteiger partial charge is 0.339 e. The molecule has 2 aliphatic rings. The summed E-state index contributed by atoms with van der Waals surface area (Å²) < 4.78 is 0. The minimum atomic E-state index is -0.603. The first-order valence-electron chi connectivity index (χ1n) is 7.65. The average molecular weight is 310 g/mol. The molecule has 1 amide bonds. The van der Waals surface area contributed by atoms with Crippen molar-refractivity contribution in [3.8, 4) is 0 Å². The van der Waals surface area contributed by atoms with Crippen LogP contribution in [0, 0.1) is 5.41 Å². The summed E-state index contributed by atoms with van der Waals surface area (Å²) in [7, 11) is 0. The Balaban J connectivity index is 1.58. The number of hydrogen-bond acceptors (Lipinski definition) is 5. The highest BCUT2D eigenvalue weighted by Gasteiger charge is 2.70. The first-order valence-corrected chi connectivity index (χ1v) is 7.65. The minimum Gasteiger partial charge on any atom is -0.339 e. The zero-order valence-corrected chi connectivity index (χ0v) is 12.9. The van der Waals surface area contributed by atoms with Crippen LogP contribution in [-0.2, 0) is 5.41 Å². The summed E-state index contributed by atoms with van der Waals surface area (Å²) in [6, 6.07) is 10.6. The van der Waals surface area contributed by atoms with Crippen LogP contribution in [0.15, 0.2) is 42.7 Å². The molecule has 4 rings (SSSR count). The molecular weight excluding hydrogens is 292 g/mol. The van der Waals surface area contributed by atoms with Gasteiger partial charge in [-0.2, -0.15) is 0 Å². The fourth-order valence-corrected chi connectivity index (χ4v) is 3.99. The maximum absolute atomic E-state index is 11.3. The Labute approximate surface area is 134 Å². The van der Waals surface area contributed by atoms with E-state index in [2.05, 4.69) is 46.1 Å². The number of benzene rings is 1. The van der Waals surface area contributed by atoms with Crippen LogP contribution in [0.4, 0.5) is 5.95 Å². The van der Waals surface area contributed by atoms with Gasteiger partial charge in [-0.15, -0.1) is 0 Å². The number of hydroxylamine groups is 1. The molecule has 6 heteroatoms. The van der Waals surface area contributed by atoms with Crippen molar-refractivity contribution in [1.29, 1.82) is 0 Å². The van der Waals surface area contributed by atoms with Gasteiger partial charge in [-0.3, -0.25) is 10.0 Å². The molecule has 2 fully saturated rings. The Morgan fingerprint density at radius 1 is 1.22 bits per heavy atom. The van der Waals surface area contributed by atoms with E-state index >= 15 is 0 Å². The van der Waals surface area contributed by atoms with Crippen molar-refractivity contribution in [2.75, 3.05) is 18.0 Å². The van der Waals surface area contributed by atoms with Crippen molar-refractivity contribution in [1.82, 2.24) is 15.4 Å². The maximum Gasteiger partial charge on any atom is 0.277 e. The van der Waals surface area contributed by atoms with Gasteiger partial charge in [0, 0.05) is 30.9 Å². The van der Waals surface area contributed by atoms with Crippen LogP contribution in [0.1, 0.15) is 29.3 Å². The van der Waals surface area contributed by atoms with E-state index < -0.39 is 5.91 Å². The highest BCUT2D eigenvalue weighted by Crippen LogP contribution is 2.68. The second kappa shape index (κ2) is 4.76. The lowest BCUT2D eigenvalue weighted by molar-refractivity contribution is 0.0705. The van der Waals surface area contributed by atoms with Gasteiger partial charge >= 0.3 is 0 Å². The van der Waals surface area contributed by atoms with E-state index in [9.17, 15) is 4.79 Å². The predicted molar refractivity (Wildman–Crippen MR) is 84.3 cm³/mol. The second-order valence-electron chi connectivity index (χ2n) is 6.75. The van der Waals surface area contributed by atoms with Crippen molar-refractivity contribution in [2.45, 2.75) is 18.8 Å². The second-order valence-corrected chi connectivity index (χ2v) is 6.75. The molecular formula is C17H18N4O2. The Bertz CT molecular complexity index is 749. The molecule has 2 aromatic rings. The third-order valence-corrected chi connectivity index (χ3v) is 5.33. The summed E-state index contributed by atoms with van der Waals surface area (Å²) >= 11 is 0. The summed E-state index contributed by atoms with van der Waals surface area (Å²) in [5, 5.41) is 8.64. The molecule has 1 aliphatic heterocycles. The van der Waals surface area contributed by atoms with Gasteiger partial charge in [0.2, 0.25) is 5.95 Å². The molecule has 23 heavy (non-hydrogen) atoms. The van der Waals surface area contributed by atoms with Gasteiger partial charge in [0.1, 0.15) is 0 Å². The third kappa shape index (κ3) is 2.02. The summed E-state index contributed by atoms with van der Waals surface area (Å²) in [4.78, 5) is 22.1. The molecule has 0 bridgehead atoms. The highest BCUT2D eigenvalue weighted by atomic mass is 16.5. The van der Waals surface area contributed by atoms with Crippen molar-refractivity contribution < 1.29 is 10.0 Å². The molecule has 118 valence electrons. The molecule has 2 heterocycles. The Kier molecular flexibility index (Phi) is 2.93. The van der Waals surface area contributed by atoms with E-state index in [0.717, 1.165) is 13.1 Å². The number of nitrogens with one attached hydrogen (secondary N) is 1. The third-order valence-electron chi connectivity index (χ3n) is 5.33. The number of hydrogen-bond donors (Lipinski definition) is 2. The highest BCUT2D eigenvalue weighted by molar-refractivity contribution is 5.92. The zero-order valence-electron chi connectivity index (χ0n) is 12.9. The van der Waals surface area contributed by atoms with E-state index in [4.69, 9.17) is 5.21 Å². The number of amides is 1. The molecule has 0 spiro atoms. The molecule has 1 unspecified atom stereocenters. The molecule has 1 aromatic carbocycles. The molecule has 0 radical (unpaired) electrons. The van der Waals surface area contributed by atoms with E-state index in [1.54, 1.807) is 5.48 Å². The monoisotopic (exact) mass is 310 g/mol.